The number of hydrogen-bond donors (Lipinski definition) is 1. The number of fused-ring (bicyclic) bond motifs is 1. The minimum Gasteiger partial charge on any atom is -0.478 e. The first-order chi connectivity index (χ1) is 9.97. The molecule has 1 aliphatic rings. The number of nitrogens with zero attached hydrogens (tertiary/aromatic N) is 2. The Hall–Kier alpha value is -1.84. The van der Waals surface area contributed by atoms with Crippen LogP contribution in [0.3, 0.4) is 0 Å². The van der Waals surface area contributed by atoms with E-state index < -0.39 is 5.97 Å². The van der Waals surface area contributed by atoms with E-state index in [4.69, 9.17) is 10.1 Å². The zero-order valence-corrected chi connectivity index (χ0v) is 12.8. The standard InChI is InChI=1S/C17H22N2O2/c1-10(2)16-18-14-9-12(17(20)21)5-7-15(14)19(16)13-6-4-11(3)8-13/h5,7,9-11,13H,4,6,8H2,1-3H3,(H,20,21). The van der Waals surface area contributed by atoms with Crippen LogP contribution in [0.2, 0.25) is 0 Å². The summed E-state index contributed by atoms with van der Waals surface area (Å²) in [4.78, 5) is 15.9. The van der Waals surface area contributed by atoms with Gasteiger partial charge in [-0.05, 0) is 43.4 Å². The largest absolute Gasteiger partial charge is 0.478 e. The van der Waals surface area contributed by atoms with Gasteiger partial charge in [-0.3, -0.25) is 0 Å². The number of aromatic nitrogens is 2. The predicted molar refractivity (Wildman–Crippen MR) is 82.8 cm³/mol. The topological polar surface area (TPSA) is 55.1 Å². The van der Waals surface area contributed by atoms with Crippen molar-refractivity contribution in [3.63, 3.8) is 0 Å². The zero-order chi connectivity index (χ0) is 15.1. The minimum atomic E-state index is -0.896. The summed E-state index contributed by atoms with van der Waals surface area (Å²) < 4.78 is 2.36. The van der Waals surface area contributed by atoms with Crippen LogP contribution in [-0.4, -0.2) is 20.6 Å². The highest BCUT2D eigenvalue weighted by molar-refractivity contribution is 5.92. The van der Waals surface area contributed by atoms with E-state index in [2.05, 4.69) is 25.3 Å². The number of carbonyl (C=O) groups is 1. The maximum absolute atomic E-state index is 11.1. The summed E-state index contributed by atoms with van der Waals surface area (Å²) in [6.45, 7) is 6.60. The molecular weight excluding hydrogens is 264 g/mol. The Morgan fingerprint density at radius 2 is 2.14 bits per heavy atom. The van der Waals surface area contributed by atoms with Crippen LogP contribution in [0, 0.1) is 5.92 Å². The van der Waals surface area contributed by atoms with Crippen molar-refractivity contribution in [2.24, 2.45) is 5.92 Å². The molecule has 1 saturated carbocycles. The number of rotatable bonds is 3. The van der Waals surface area contributed by atoms with Crippen molar-refractivity contribution in [3.05, 3.63) is 29.6 Å². The average Bonchev–Trinajstić information content (AvgIpc) is 3.00. The smallest absolute Gasteiger partial charge is 0.335 e. The first kappa shape index (κ1) is 14.1. The molecule has 1 aliphatic carbocycles. The van der Waals surface area contributed by atoms with Crippen LogP contribution in [0.1, 0.15) is 68.2 Å². The van der Waals surface area contributed by atoms with Crippen LogP contribution in [0.15, 0.2) is 18.2 Å². The molecule has 1 heterocycles. The monoisotopic (exact) mass is 286 g/mol. The van der Waals surface area contributed by atoms with E-state index in [1.54, 1.807) is 12.1 Å². The molecule has 2 aromatic rings. The summed E-state index contributed by atoms with van der Waals surface area (Å²) in [5.41, 5.74) is 2.18. The van der Waals surface area contributed by atoms with Crippen molar-refractivity contribution in [1.82, 2.24) is 9.55 Å². The Kier molecular flexibility index (Phi) is 3.47. The fourth-order valence-electron chi connectivity index (χ4n) is 3.45. The molecular formula is C17H22N2O2. The normalized spacial score (nSPS) is 22.3. The molecule has 0 amide bonds. The number of benzene rings is 1. The highest BCUT2D eigenvalue weighted by Gasteiger charge is 2.27. The second kappa shape index (κ2) is 5.17. The predicted octanol–water partition coefficient (Wildman–Crippen LogP) is 4.22. The second-order valence-electron chi connectivity index (χ2n) is 6.58. The van der Waals surface area contributed by atoms with Gasteiger partial charge in [0.15, 0.2) is 0 Å². The summed E-state index contributed by atoms with van der Waals surface area (Å²) in [5.74, 6) is 1.27. The molecule has 0 spiro atoms. The number of aromatic carboxylic acids is 1. The molecule has 0 radical (unpaired) electrons. The maximum Gasteiger partial charge on any atom is 0.335 e. The Morgan fingerprint density at radius 3 is 2.71 bits per heavy atom. The molecule has 112 valence electrons. The molecule has 0 bridgehead atoms. The lowest BCUT2D eigenvalue weighted by atomic mass is 10.1. The molecule has 4 heteroatoms. The van der Waals surface area contributed by atoms with E-state index in [1.165, 1.54) is 19.3 Å². The van der Waals surface area contributed by atoms with Crippen molar-refractivity contribution in [2.75, 3.05) is 0 Å². The van der Waals surface area contributed by atoms with Crippen molar-refractivity contribution < 1.29 is 9.90 Å². The molecule has 1 aromatic carbocycles. The van der Waals surface area contributed by atoms with E-state index in [-0.39, 0.29) is 0 Å². The fourth-order valence-corrected chi connectivity index (χ4v) is 3.45. The van der Waals surface area contributed by atoms with E-state index in [0.29, 0.717) is 17.5 Å². The highest BCUT2D eigenvalue weighted by atomic mass is 16.4. The van der Waals surface area contributed by atoms with E-state index in [0.717, 1.165) is 22.8 Å². The summed E-state index contributed by atoms with van der Waals surface area (Å²) in [6, 6.07) is 5.79. The van der Waals surface area contributed by atoms with E-state index in [9.17, 15) is 4.79 Å². The van der Waals surface area contributed by atoms with Gasteiger partial charge in [-0.2, -0.15) is 0 Å². The molecule has 1 aromatic heterocycles. The molecule has 0 saturated heterocycles. The van der Waals surface area contributed by atoms with Gasteiger partial charge in [0.25, 0.3) is 0 Å². The molecule has 1 fully saturated rings. The first-order valence-corrected chi connectivity index (χ1v) is 7.72. The minimum absolute atomic E-state index is 0.308. The lowest BCUT2D eigenvalue weighted by molar-refractivity contribution is 0.0697. The van der Waals surface area contributed by atoms with Gasteiger partial charge in [-0.15, -0.1) is 0 Å². The number of carboxylic acids is 1. The van der Waals surface area contributed by atoms with E-state index >= 15 is 0 Å². The Bertz CT molecular complexity index is 687. The van der Waals surface area contributed by atoms with Gasteiger partial charge in [0.1, 0.15) is 5.82 Å². The Morgan fingerprint density at radius 1 is 1.38 bits per heavy atom. The van der Waals surface area contributed by atoms with Gasteiger partial charge in [-0.1, -0.05) is 20.8 Å². The van der Waals surface area contributed by atoms with Crippen LogP contribution in [0.5, 0.6) is 0 Å². The summed E-state index contributed by atoms with van der Waals surface area (Å²) in [5, 5.41) is 9.14. The summed E-state index contributed by atoms with van der Waals surface area (Å²) in [6.07, 6.45) is 3.63. The van der Waals surface area contributed by atoms with Gasteiger partial charge in [0.2, 0.25) is 0 Å². The van der Waals surface area contributed by atoms with Crippen LogP contribution in [0.4, 0.5) is 0 Å². The van der Waals surface area contributed by atoms with Gasteiger partial charge in [0.05, 0.1) is 16.6 Å². The lowest BCUT2D eigenvalue weighted by Gasteiger charge is -2.18. The third-order valence-electron chi connectivity index (χ3n) is 4.51. The molecule has 3 rings (SSSR count). The lowest BCUT2D eigenvalue weighted by Crippen LogP contribution is -2.11. The van der Waals surface area contributed by atoms with Crippen LogP contribution >= 0.6 is 0 Å². The zero-order valence-electron chi connectivity index (χ0n) is 12.8. The van der Waals surface area contributed by atoms with Crippen molar-refractivity contribution in [1.29, 1.82) is 0 Å². The van der Waals surface area contributed by atoms with Gasteiger partial charge in [-0.25, -0.2) is 9.78 Å². The molecule has 1 N–H and O–H groups in total. The number of hydrogen-bond acceptors (Lipinski definition) is 2. The summed E-state index contributed by atoms with van der Waals surface area (Å²) >= 11 is 0. The number of imidazole rings is 1. The van der Waals surface area contributed by atoms with Crippen LogP contribution in [-0.2, 0) is 0 Å². The quantitative estimate of drug-likeness (QED) is 0.919. The first-order valence-electron chi connectivity index (χ1n) is 7.72. The third kappa shape index (κ3) is 2.43. The van der Waals surface area contributed by atoms with Gasteiger partial charge >= 0.3 is 5.97 Å². The van der Waals surface area contributed by atoms with Crippen molar-refractivity contribution in [3.8, 4) is 0 Å². The SMILES string of the molecule is CC1CCC(n2c(C(C)C)nc3cc(C(=O)O)ccc32)C1. The Balaban J connectivity index is 2.16. The molecule has 21 heavy (non-hydrogen) atoms. The Labute approximate surface area is 124 Å². The molecule has 2 atom stereocenters. The van der Waals surface area contributed by atoms with Crippen LogP contribution in [0.25, 0.3) is 11.0 Å². The van der Waals surface area contributed by atoms with E-state index in [1.807, 2.05) is 6.07 Å². The third-order valence-corrected chi connectivity index (χ3v) is 4.51. The van der Waals surface area contributed by atoms with Gasteiger partial charge < -0.3 is 9.67 Å². The molecule has 2 unspecified atom stereocenters. The fraction of sp³-hybridized carbons (Fsp3) is 0.529. The maximum atomic E-state index is 11.1. The van der Waals surface area contributed by atoms with Crippen molar-refractivity contribution >= 4 is 17.0 Å². The second-order valence-corrected chi connectivity index (χ2v) is 6.58. The van der Waals surface area contributed by atoms with Crippen molar-refractivity contribution in [2.45, 2.75) is 52.0 Å². The summed E-state index contributed by atoms with van der Waals surface area (Å²) in [7, 11) is 0. The molecule has 0 aliphatic heterocycles. The number of carboxylic acid groups (broad SMARTS) is 1. The van der Waals surface area contributed by atoms with Gasteiger partial charge in [0, 0.05) is 12.0 Å². The molecule has 4 nitrogen and oxygen atoms in total. The highest BCUT2D eigenvalue weighted by Crippen LogP contribution is 2.38. The van der Waals surface area contributed by atoms with Crippen LogP contribution < -0.4 is 0 Å². The average molecular weight is 286 g/mol.